The lowest BCUT2D eigenvalue weighted by Crippen LogP contribution is -2.33. The van der Waals surface area contributed by atoms with Crippen molar-refractivity contribution in [2.75, 3.05) is 11.9 Å². The van der Waals surface area contributed by atoms with Crippen LogP contribution >= 0.6 is 11.3 Å². The van der Waals surface area contributed by atoms with E-state index >= 15 is 0 Å². The highest BCUT2D eigenvalue weighted by molar-refractivity contribution is 7.17. The number of esters is 1. The molecule has 1 aromatic heterocycles. The summed E-state index contributed by atoms with van der Waals surface area (Å²) in [6.45, 7) is 10.1. The molecule has 1 aliphatic rings. The molecule has 0 saturated carbocycles. The highest BCUT2D eigenvalue weighted by Crippen LogP contribution is 2.40. The predicted octanol–water partition coefficient (Wildman–Crippen LogP) is 6.34. The Morgan fingerprint density at radius 1 is 1.07 bits per heavy atom. The van der Waals surface area contributed by atoms with Gasteiger partial charge in [-0.3, -0.25) is 9.59 Å². The molecule has 9 heteroatoms. The first-order chi connectivity index (χ1) is 19.7. The van der Waals surface area contributed by atoms with Gasteiger partial charge in [-0.2, -0.15) is 5.10 Å². The normalized spacial score (nSPS) is 15.3. The number of rotatable bonds is 10. The van der Waals surface area contributed by atoms with Gasteiger partial charge < -0.3 is 14.8 Å². The number of nitrogens with one attached hydrogen (secondary N) is 2. The largest absolute Gasteiger partial charge is 0.481 e. The minimum absolute atomic E-state index is 0.268. The first kappa shape index (κ1) is 30.0. The van der Waals surface area contributed by atoms with E-state index in [1.54, 1.807) is 44.3 Å². The molecule has 0 aliphatic heterocycles. The predicted molar refractivity (Wildman–Crippen MR) is 162 cm³/mol. The average molecular weight is 576 g/mol. The Balaban J connectivity index is 1.35. The van der Waals surface area contributed by atoms with Gasteiger partial charge in [-0.05, 0) is 85.9 Å². The zero-order valence-corrected chi connectivity index (χ0v) is 25.0. The lowest BCUT2D eigenvalue weighted by molar-refractivity contribution is -0.127. The molecule has 0 saturated heterocycles. The second-order valence-corrected chi connectivity index (χ2v) is 11.7. The van der Waals surface area contributed by atoms with Crippen molar-refractivity contribution in [3.63, 3.8) is 0 Å². The Morgan fingerprint density at radius 3 is 2.44 bits per heavy atom. The third-order valence-electron chi connectivity index (χ3n) is 7.01. The Morgan fingerprint density at radius 2 is 1.78 bits per heavy atom. The van der Waals surface area contributed by atoms with E-state index in [0.29, 0.717) is 33.7 Å². The fourth-order valence-electron chi connectivity index (χ4n) is 4.60. The van der Waals surface area contributed by atoms with Crippen LogP contribution in [0.5, 0.6) is 5.75 Å². The maximum absolute atomic E-state index is 13.1. The molecule has 0 bridgehead atoms. The molecule has 8 nitrogen and oxygen atoms in total. The number of hydrazone groups is 1. The van der Waals surface area contributed by atoms with Crippen molar-refractivity contribution in [1.29, 1.82) is 0 Å². The second-order valence-electron chi connectivity index (χ2n) is 10.6. The van der Waals surface area contributed by atoms with Gasteiger partial charge in [0.15, 0.2) is 6.10 Å². The van der Waals surface area contributed by atoms with E-state index in [2.05, 4.69) is 36.6 Å². The van der Waals surface area contributed by atoms with E-state index in [9.17, 15) is 14.4 Å². The number of fused-ring (bicyclic) bond motifs is 1. The SMILES string of the molecule is CCOC(=O)c1c(NC(=O)c2ccc(O[C@H](C)C(=O)N/N=C\c3ccc(C(C)C)cc3)cc2)sc2c1CC[C@@H](C)C2. The van der Waals surface area contributed by atoms with Gasteiger partial charge >= 0.3 is 5.97 Å². The molecule has 41 heavy (non-hydrogen) atoms. The molecular formula is C32H37N3O5S. The third kappa shape index (κ3) is 7.61. The van der Waals surface area contributed by atoms with E-state index in [0.717, 1.165) is 35.3 Å². The number of carbonyl (C=O) groups is 3. The molecule has 4 rings (SSSR count). The van der Waals surface area contributed by atoms with E-state index in [1.807, 2.05) is 24.3 Å². The quantitative estimate of drug-likeness (QED) is 0.167. The summed E-state index contributed by atoms with van der Waals surface area (Å²) in [4.78, 5) is 39.4. The van der Waals surface area contributed by atoms with Crippen molar-refractivity contribution in [3.05, 3.63) is 81.2 Å². The summed E-state index contributed by atoms with van der Waals surface area (Å²) in [5, 5.41) is 7.47. The van der Waals surface area contributed by atoms with Gasteiger partial charge in [0.1, 0.15) is 10.8 Å². The van der Waals surface area contributed by atoms with Gasteiger partial charge in [0.25, 0.3) is 11.8 Å². The first-order valence-electron chi connectivity index (χ1n) is 14.0. The molecule has 1 heterocycles. The summed E-state index contributed by atoms with van der Waals surface area (Å²) in [7, 11) is 0. The van der Waals surface area contributed by atoms with Crippen LogP contribution in [0.25, 0.3) is 0 Å². The molecule has 2 N–H and O–H groups in total. The second kappa shape index (κ2) is 13.6. The van der Waals surface area contributed by atoms with Crippen LogP contribution in [0, 0.1) is 5.92 Å². The molecule has 2 amide bonds. The van der Waals surface area contributed by atoms with Crippen LogP contribution in [-0.4, -0.2) is 36.7 Å². The van der Waals surface area contributed by atoms with Crippen molar-refractivity contribution in [2.24, 2.45) is 11.0 Å². The number of thiophene rings is 1. The topological polar surface area (TPSA) is 106 Å². The van der Waals surface area contributed by atoms with Crippen molar-refractivity contribution < 1.29 is 23.9 Å². The highest BCUT2D eigenvalue weighted by atomic mass is 32.1. The van der Waals surface area contributed by atoms with Crippen molar-refractivity contribution in [3.8, 4) is 5.75 Å². The van der Waals surface area contributed by atoms with Gasteiger partial charge in [0, 0.05) is 10.4 Å². The van der Waals surface area contributed by atoms with Crippen molar-refractivity contribution >= 4 is 40.3 Å². The van der Waals surface area contributed by atoms with Crippen LogP contribution in [0.1, 0.15) is 89.2 Å². The van der Waals surface area contributed by atoms with Crippen LogP contribution < -0.4 is 15.5 Å². The molecule has 0 radical (unpaired) electrons. The van der Waals surface area contributed by atoms with Crippen molar-refractivity contribution in [2.45, 2.75) is 65.9 Å². The smallest absolute Gasteiger partial charge is 0.341 e. The van der Waals surface area contributed by atoms with Crippen LogP contribution in [0.15, 0.2) is 53.6 Å². The Labute approximate surface area is 245 Å². The summed E-state index contributed by atoms with van der Waals surface area (Å²) >= 11 is 1.45. The maximum Gasteiger partial charge on any atom is 0.341 e. The van der Waals surface area contributed by atoms with Gasteiger partial charge in [0.2, 0.25) is 0 Å². The zero-order chi connectivity index (χ0) is 29.5. The van der Waals surface area contributed by atoms with E-state index in [-0.39, 0.29) is 12.5 Å². The lowest BCUT2D eigenvalue weighted by Gasteiger charge is -2.18. The number of amides is 2. The average Bonchev–Trinajstić information content (AvgIpc) is 3.30. The maximum atomic E-state index is 13.1. The molecule has 2 aromatic carbocycles. The summed E-state index contributed by atoms with van der Waals surface area (Å²) in [5.74, 6) is 0.274. The molecule has 1 aliphatic carbocycles. The molecular weight excluding hydrogens is 538 g/mol. The number of nitrogens with zero attached hydrogens (tertiary/aromatic N) is 1. The van der Waals surface area contributed by atoms with Crippen LogP contribution in [0.3, 0.4) is 0 Å². The number of benzene rings is 2. The van der Waals surface area contributed by atoms with E-state index < -0.39 is 18.0 Å². The fourth-order valence-corrected chi connectivity index (χ4v) is 6.00. The number of carbonyl (C=O) groups excluding carboxylic acids is 3. The summed E-state index contributed by atoms with van der Waals surface area (Å²) in [5.41, 5.74) is 6.48. The van der Waals surface area contributed by atoms with Crippen molar-refractivity contribution in [1.82, 2.24) is 5.43 Å². The number of hydrogen-bond donors (Lipinski definition) is 2. The summed E-state index contributed by atoms with van der Waals surface area (Å²) < 4.78 is 11.0. The number of anilines is 1. The van der Waals surface area contributed by atoms with E-state index in [1.165, 1.54) is 16.9 Å². The molecule has 2 atom stereocenters. The van der Waals surface area contributed by atoms with Crippen LogP contribution in [-0.2, 0) is 22.4 Å². The number of hydrogen-bond acceptors (Lipinski definition) is 7. The standard InChI is InChI=1S/C32H37N3O5S/c1-6-39-32(38)28-26-16-7-20(4)17-27(26)41-31(28)34-30(37)24-12-14-25(15-13-24)40-21(5)29(36)35-33-18-22-8-10-23(11-9-22)19(2)3/h8-15,18-21H,6-7,16-17H2,1-5H3,(H,34,37)(H,35,36)/b33-18-/t20-,21-/m1/s1. The summed E-state index contributed by atoms with van der Waals surface area (Å²) in [6, 6.07) is 14.5. The zero-order valence-electron chi connectivity index (χ0n) is 24.2. The van der Waals surface area contributed by atoms with E-state index in [4.69, 9.17) is 9.47 Å². The molecule has 0 spiro atoms. The Kier molecular flexibility index (Phi) is 9.94. The highest BCUT2D eigenvalue weighted by Gasteiger charge is 2.29. The Hall–Kier alpha value is -3.98. The molecule has 0 unspecified atom stereocenters. The lowest BCUT2D eigenvalue weighted by atomic mass is 9.88. The minimum atomic E-state index is -0.804. The minimum Gasteiger partial charge on any atom is -0.481 e. The number of ether oxygens (including phenoxy) is 2. The molecule has 3 aromatic rings. The van der Waals surface area contributed by atoms with Crippen LogP contribution in [0.2, 0.25) is 0 Å². The molecule has 0 fully saturated rings. The fraction of sp³-hybridized carbons (Fsp3) is 0.375. The Bertz CT molecular complexity index is 1410. The third-order valence-corrected chi connectivity index (χ3v) is 8.18. The first-order valence-corrected chi connectivity index (χ1v) is 14.8. The van der Waals surface area contributed by atoms with Gasteiger partial charge in [0.05, 0.1) is 18.4 Å². The van der Waals surface area contributed by atoms with Gasteiger partial charge in [-0.1, -0.05) is 45.0 Å². The molecule has 216 valence electrons. The van der Waals surface area contributed by atoms with Crippen LogP contribution in [0.4, 0.5) is 5.00 Å². The summed E-state index contributed by atoms with van der Waals surface area (Å²) in [6.07, 6.45) is 3.46. The van der Waals surface area contributed by atoms with Gasteiger partial charge in [-0.15, -0.1) is 11.3 Å². The van der Waals surface area contributed by atoms with Gasteiger partial charge in [-0.25, -0.2) is 10.2 Å². The monoisotopic (exact) mass is 575 g/mol.